The standard InChI is InChI=1S/C15H23N3O2S/c1-6-11-14(20)18(7-10-8-21-9(2)16-10)12(13(19)17-11)15(3,4)5/h8,11-12H,6-7H2,1-5H3,(H,17,19). The molecule has 1 saturated heterocycles. The number of rotatable bonds is 3. The molecule has 21 heavy (non-hydrogen) atoms. The van der Waals surface area contributed by atoms with E-state index in [9.17, 15) is 9.59 Å². The van der Waals surface area contributed by atoms with Gasteiger partial charge in [-0.25, -0.2) is 4.98 Å². The van der Waals surface area contributed by atoms with E-state index in [-0.39, 0.29) is 17.2 Å². The number of amides is 2. The molecule has 5 nitrogen and oxygen atoms in total. The number of thiazole rings is 1. The van der Waals surface area contributed by atoms with Gasteiger partial charge in [0.1, 0.15) is 12.1 Å². The molecule has 0 spiro atoms. The molecule has 1 aliphatic heterocycles. The highest BCUT2D eigenvalue weighted by Crippen LogP contribution is 2.29. The molecule has 1 N–H and O–H groups in total. The highest BCUT2D eigenvalue weighted by molar-refractivity contribution is 7.09. The first-order chi connectivity index (χ1) is 9.74. The summed E-state index contributed by atoms with van der Waals surface area (Å²) in [5.74, 6) is -0.0800. The zero-order chi connectivity index (χ0) is 15.8. The molecule has 1 aromatic rings. The second-order valence-corrected chi connectivity index (χ2v) is 7.62. The maximum Gasteiger partial charge on any atom is 0.246 e. The van der Waals surface area contributed by atoms with Crippen molar-refractivity contribution in [1.82, 2.24) is 15.2 Å². The first-order valence-electron chi connectivity index (χ1n) is 7.26. The molecular weight excluding hydrogens is 286 g/mol. The Bertz CT molecular complexity index is 547. The number of piperazine rings is 1. The van der Waals surface area contributed by atoms with E-state index < -0.39 is 12.1 Å². The van der Waals surface area contributed by atoms with Gasteiger partial charge in [0.15, 0.2) is 0 Å². The molecule has 1 aromatic heterocycles. The summed E-state index contributed by atoms with van der Waals surface area (Å²) in [4.78, 5) is 31.2. The minimum Gasteiger partial charge on any atom is -0.342 e. The molecule has 2 unspecified atom stereocenters. The van der Waals surface area contributed by atoms with Crippen molar-refractivity contribution in [2.45, 2.75) is 59.7 Å². The summed E-state index contributed by atoms with van der Waals surface area (Å²) >= 11 is 1.56. The maximum absolute atomic E-state index is 12.7. The normalized spacial score (nSPS) is 23.4. The average molecular weight is 309 g/mol. The van der Waals surface area contributed by atoms with Crippen LogP contribution in [0.1, 0.15) is 44.8 Å². The van der Waals surface area contributed by atoms with Crippen LogP contribution in [-0.2, 0) is 16.1 Å². The number of nitrogens with zero attached hydrogens (tertiary/aromatic N) is 2. The fourth-order valence-electron chi connectivity index (χ4n) is 2.74. The second kappa shape index (κ2) is 5.75. The summed E-state index contributed by atoms with van der Waals surface area (Å²) in [6.45, 7) is 10.2. The number of aromatic nitrogens is 1. The summed E-state index contributed by atoms with van der Waals surface area (Å²) in [7, 11) is 0. The third-order valence-electron chi connectivity index (χ3n) is 3.69. The molecule has 0 radical (unpaired) electrons. The number of carbonyl (C=O) groups is 2. The monoisotopic (exact) mass is 309 g/mol. The van der Waals surface area contributed by atoms with Gasteiger partial charge in [0.05, 0.1) is 17.2 Å². The van der Waals surface area contributed by atoms with E-state index in [0.717, 1.165) is 10.7 Å². The fourth-order valence-corrected chi connectivity index (χ4v) is 3.35. The first-order valence-corrected chi connectivity index (χ1v) is 8.14. The van der Waals surface area contributed by atoms with Crippen molar-refractivity contribution in [2.75, 3.05) is 0 Å². The molecule has 1 fully saturated rings. The molecule has 2 heterocycles. The minimum absolute atomic E-state index is 0.0114. The van der Waals surface area contributed by atoms with Crippen molar-refractivity contribution < 1.29 is 9.59 Å². The van der Waals surface area contributed by atoms with Crippen LogP contribution in [0.5, 0.6) is 0 Å². The largest absolute Gasteiger partial charge is 0.342 e. The number of carbonyl (C=O) groups excluding carboxylic acids is 2. The van der Waals surface area contributed by atoms with Gasteiger partial charge in [-0.2, -0.15) is 0 Å². The van der Waals surface area contributed by atoms with Gasteiger partial charge < -0.3 is 10.2 Å². The second-order valence-electron chi connectivity index (χ2n) is 6.56. The summed E-state index contributed by atoms with van der Waals surface area (Å²) < 4.78 is 0. The molecular formula is C15H23N3O2S. The van der Waals surface area contributed by atoms with Gasteiger partial charge in [-0.15, -0.1) is 11.3 Å². The van der Waals surface area contributed by atoms with Crippen molar-refractivity contribution >= 4 is 23.2 Å². The van der Waals surface area contributed by atoms with Crippen LogP contribution in [0.15, 0.2) is 5.38 Å². The van der Waals surface area contributed by atoms with Gasteiger partial charge in [-0.1, -0.05) is 27.7 Å². The lowest BCUT2D eigenvalue weighted by Gasteiger charge is -2.44. The van der Waals surface area contributed by atoms with Gasteiger partial charge in [-0.05, 0) is 18.8 Å². The quantitative estimate of drug-likeness (QED) is 0.930. The van der Waals surface area contributed by atoms with E-state index >= 15 is 0 Å². The molecule has 1 aliphatic rings. The number of hydrogen-bond acceptors (Lipinski definition) is 4. The molecule has 2 atom stereocenters. The molecule has 0 aliphatic carbocycles. The number of aryl methyl sites for hydroxylation is 1. The Hall–Kier alpha value is -1.43. The summed E-state index contributed by atoms with van der Waals surface area (Å²) in [5.41, 5.74) is 0.536. The van der Waals surface area contributed by atoms with Crippen LogP contribution >= 0.6 is 11.3 Å². The zero-order valence-electron chi connectivity index (χ0n) is 13.3. The van der Waals surface area contributed by atoms with Crippen molar-refractivity contribution in [3.05, 3.63) is 16.1 Å². The van der Waals surface area contributed by atoms with Crippen LogP contribution in [0, 0.1) is 12.3 Å². The van der Waals surface area contributed by atoms with E-state index in [1.165, 1.54) is 0 Å². The lowest BCUT2D eigenvalue weighted by molar-refractivity contribution is -0.154. The third-order valence-corrected chi connectivity index (χ3v) is 4.51. The van der Waals surface area contributed by atoms with Crippen LogP contribution in [0.4, 0.5) is 0 Å². The van der Waals surface area contributed by atoms with Gasteiger partial charge in [-0.3, -0.25) is 9.59 Å². The Balaban J connectivity index is 2.33. The van der Waals surface area contributed by atoms with E-state index in [1.54, 1.807) is 16.2 Å². The average Bonchev–Trinajstić information content (AvgIpc) is 2.77. The van der Waals surface area contributed by atoms with Gasteiger partial charge >= 0.3 is 0 Å². The predicted molar refractivity (Wildman–Crippen MR) is 82.9 cm³/mol. The van der Waals surface area contributed by atoms with Gasteiger partial charge in [0.25, 0.3) is 0 Å². The highest BCUT2D eigenvalue weighted by atomic mass is 32.1. The Kier molecular flexibility index (Phi) is 4.37. The highest BCUT2D eigenvalue weighted by Gasteiger charge is 2.45. The fraction of sp³-hybridized carbons (Fsp3) is 0.667. The SMILES string of the molecule is CCC1NC(=O)C(C(C)(C)C)N(Cc2csc(C)n2)C1=O. The molecule has 2 rings (SSSR count). The summed E-state index contributed by atoms with van der Waals surface area (Å²) in [5, 5.41) is 5.77. The first kappa shape index (κ1) is 15.9. The Morgan fingerprint density at radius 2 is 2.05 bits per heavy atom. The lowest BCUT2D eigenvalue weighted by atomic mass is 9.83. The van der Waals surface area contributed by atoms with Crippen LogP contribution in [-0.4, -0.2) is 33.8 Å². The predicted octanol–water partition coefficient (Wildman–Crippen LogP) is 2.10. The topological polar surface area (TPSA) is 62.3 Å². The lowest BCUT2D eigenvalue weighted by Crippen LogP contribution is -2.66. The molecule has 0 bridgehead atoms. The molecule has 0 saturated carbocycles. The van der Waals surface area contributed by atoms with Crippen molar-refractivity contribution in [3.63, 3.8) is 0 Å². The smallest absolute Gasteiger partial charge is 0.246 e. The molecule has 0 aromatic carbocycles. The number of hydrogen-bond donors (Lipinski definition) is 1. The molecule has 6 heteroatoms. The maximum atomic E-state index is 12.7. The van der Waals surface area contributed by atoms with Crippen LogP contribution < -0.4 is 5.32 Å². The Morgan fingerprint density at radius 1 is 1.38 bits per heavy atom. The van der Waals surface area contributed by atoms with E-state index in [4.69, 9.17) is 0 Å². The van der Waals surface area contributed by atoms with Crippen molar-refractivity contribution in [2.24, 2.45) is 5.41 Å². The Labute approximate surface area is 129 Å². The molecule has 2 amide bonds. The van der Waals surface area contributed by atoms with Gasteiger partial charge in [0.2, 0.25) is 11.8 Å². The van der Waals surface area contributed by atoms with E-state index in [2.05, 4.69) is 10.3 Å². The van der Waals surface area contributed by atoms with Crippen molar-refractivity contribution in [3.8, 4) is 0 Å². The zero-order valence-corrected chi connectivity index (χ0v) is 14.1. The van der Waals surface area contributed by atoms with Gasteiger partial charge in [0, 0.05) is 5.38 Å². The van der Waals surface area contributed by atoms with E-state index in [0.29, 0.717) is 13.0 Å². The van der Waals surface area contributed by atoms with E-state index in [1.807, 2.05) is 40.0 Å². The van der Waals surface area contributed by atoms with Crippen LogP contribution in [0.2, 0.25) is 0 Å². The third kappa shape index (κ3) is 3.26. The summed E-state index contributed by atoms with van der Waals surface area (Å²) in [6.07, 6.45) is 0.605. The van der Waals surface area contributed by atoms with Crippen LogP contribution in [0.25, 0.3) is 0 Å². The number of nitrogens with one attached hydrogen (secondary N) is 1. The molecule has 116 valence electrons. The minimum atomic E-state index is -0.463. The summed E-state index contributed by atoms with van der Waals surface area (Å²) in [6, 6.07) is -0.884. The Morgan fingerprint density at radius 3 is 2.52 bits per heavy atom. The van der Waals surface area contributed by atoms with Crippen molar-refractivity contribution in [1.29, 1.82) is 0 Å². The van der Waals surface area contributed by atoms with Crippen LogP contribution in [0.3, 0.4) is 0 Å².